The van der Waals surface area contributed by atoms with Gasteiger partial charge in [-0.2, -0.15) is 0 Å². The van der Waals surface area contributed by atoms with Crippen LogP contribution in [0.5, 0.6) is 0 Å². The van der Waals surface area contributed by atoms with Crippen LogP contribution in [0.1, 0.15) is 46.9 Å². The van der Waals surface area contributed by atoms with Crippen LogP contribution in [0, 0.1) is 5.92 Å². The van der Waals surface area contributed by atoms with Crippen molar-refractivity contribution >= 4 is 11.8 Å². The largest absolute Gasteiger partial charge is 0.385 e. The molecule has 0 aliphatic carbocycles. The summed E-state index contributed by atoms with van der Waals surface area (Å²) in [6.07, 6.45) is 2.91. The average Bonchev–Trinajstić information content (AvgIpc) is 2.59. The van der Waals surface area contributed by atoms with Gasteiger partial charge in [-0.3, -0.25) is 9.59 Å². The van der Waals surface area contributed by atoms with Gasteiger partial charge in [0.25, 0.3) is 11.8 Å². The van der Waals surface area contributed by atoms with Crippen LogP contribution in [-0.4, -0.2) is 50.1 Å². The summed E-state index contributed by atoms with van der Waals surface area (Å²) < 4.78 is 4.94. The van der Waals surface area contributed by atoms with Crippen LogP contribution in [0.15, 0.2) is 24.3 Å². The highest BCUT2D eigenvalue weighted by Gasteiger charge is 2.21. The number of benzene rings is 1. The number of carbonyl (C=O) groups is 2. The second-order valence-electron chi connectivity index (χ2n) is 6.15. The lowest BCUT2D eigenvalue weighted by Crippen LogP contribution is -2.37. The molecular formula is C18H26N2O3. The third kappa shape index (κ3) is 5.06. The predicted octanol–water partition coefficient (Wildman–Crippen LogP) is 2.33. The van der Waals surface area contributed by atoms with Gasteiger partial charge in [-0.05, 0) is 49.4 Å². The van der Waals surface area contributed by atoms with E-state index in [9.17, 15) is 9.59 Å². The number of hydrogen-bond acceptors (Lipinski definition) is 3. The van der Waals surface area contributed by atoms with Crippen LogP contribution in [0.4, 0.5) is 0 Å². The summed E-state index contributed by atoms with van der Waals surface area (Å²) >= 11 is 0. The standard InChI is InChI=1S/C18H26N2O3/c1-14-8-11-20(12-9-14)18(22)16-6-4-15(5-7-16)17(21)19-10-3-13-23-2/h4-7,14H,3,8-13H2,1-2H3,(H,19,21). The number of rotatable bonds is 6. The Balaban J connectivity index is 1.88. The van der Waals surface area contributed by atoms with Gasteiger partial charge in [0, 0.05) is 44.5 Å². The molecule has 1 saturated heterocycles. The maximum Gasteiger partial charge on any atom is 0.253 e. The molecule has 1 fully saturated rings. The van der Waals surface area contributed by atoms with Gasteiger partial charge in [0.2, 0.25) is 0 Å². The van der Waals surface area contributed by atoms with Crippen LogP contribution in [0.25, 0.3) is 0 Å². The molecule has 0 aromatic heterocycles. The van der Waals surface area contributed by atoms with Gasteiger partial charge in [0.1, 0.15) is 0 Å². The van der Waals surface area contributed by atoms with Crippen molar-refractivity contribution in [3.8, 4) is 0 Å². The molecule has 5 nitrogen and oxygen atoms in total. The first-order valence-corrected chi connectivity index (χ1v) is 8.28. The fraction of sp³-hybridized carbons (Fsp3) is 0.556. The van der Waals surface area contributed by atoms with Crippen molar-refractivity contribution in [2.75, 3.05) is 33.4 Å². The van der Waals surface area contributed by atoms with E-state index in [4.69, 9.17) is 4.74 Å². The summed E-state index contributed by atoms with van der Waals surface area (Å²) in [4.78, 5) is 26.3. The second-order valence-corrected chi connectivity index (χ2v) is 6.15. The number of hydrogen-bond donors (Lipinski definition) is 1. The topological polar surface area (TPSA) is 58.6 Å². The number of nitrogens with zero attached hydrogens (tertiary/aromatic N) is 1. The molecule has 1 aliphatic heterocycles. The summed E-state index contributed by atoms with van der Waals surface area (Å²) in [5.41, 5.74) is 1.22. The van der Waals surface area contributed by atoms with Gasteiger partial charge >= 0.3 is 0 Å². The number of likely N-dealkylation sites (tertiary alicyclic amines) is 1. The molecule has 1 N–H and O–H groups in total. The zero-order valence-electron chi connectivity index (χ0n) is 14.0. The first-order valence-electron chi connectivity index (χ1n) is 8.28. The first kappa shape index (κ1) is 17.5. The minimum absolute atomic E-state index is 0.0592. The number of methoxy groups -OCH3 is 1. The fourth-order valence-electron chi connectivity index (χ4n) is 2.68. The van der Waals surface area contributed by atoms with Crippen LogP contribution >= 0.6 is 0 Å². The van der Waals surface area contributed by atoms with Crippen molar-refractivity contribution in [1.29, 1.82) is 0 Å². The molecular weight excluding hydrogens is 292 g/mol. The molecule has 1 aliphatic rings. The van der Waals surface area contributed by atoms with Crippen molar-refractivity contribution in [3.63, 3.8) is 0 Å². The molecule has 0 radical (unpaired) electrons. The average molecular weight is 318 g/mol. The summed E-state index contributed by atoms with van der Waals surface area (Å²) in [6, 6.07) is 6.91. The second kappa shape index (κ2) is 8.67. The minimum atomic E-state index is -0.119. The van der Waals surface area contributed by atoms with E-state index in [1.165, 1.54) is 0 Å². The van der Waals surface area contributed by atoms with Crippen LogP contribution in [0.3, 0.4) is 0 Å². The van der Waals surface area contributed by atoms with Gasteiger partial charge in [0.15, 0.2) is 0 Å². The number of nitrogens with one attached hydrogen (secondary N) is 1. The Morgan fingerprint density at radius 2 is 1.78 bits per heavy atom. The van der Waals surface area contributed by atoms with Crippen molar-refractivity contribution < 1.29 is 14.3 Å². The lowest BCUT2D eigenvalue weighted by molar-refractivity contribution is 0.0696. The highest BCUT2D eigenvalue weighted by Crippen LogP contribution is 2.18. The predicted molar refractivity (Wildman–Crippen MR) is 89.6 cm³/mol. The molecule has 1 heterocycles. The Labute approximate surface area is 138 Å². The molecule has 0 bridgehead atoms. The quantitative estimate of drug-likeness (QED) is 0.819. The first-order chi connectivity index (χ1) is 11.1. The molecule has 0 saturated carbocycles. The molecule has 1 aromatic rings. The van der Waals surface area contributed by atoms with E-state index in [1.54, 1.807) is 31.4 Å². The molecule has 2 rings (SSSR count). The van der Waals surface area contributed by atoms with Gasteiger partial charge < -0.3 is 15.0 Å². The summed E-state index contributed by atoms with van der Waals surface area (Å²) in [5.74, 6) is 0.638. The van der Waals surface area contributed by atoms with Crippen molar-refractivity contribution in [3.05, 3.63) is 35.4 Å². The Kier molecular flexibility index (Phi) is 6.59. The van der Waals surface area contributed by atoms with E-state index >= 15 is 0 Å². The third-order valence-corrected chi connectivity index (χ3v) is 4.28. The summed E-state index contributed by atoms with van der Waals surface area (Å²) in [7, 11) is 1.64. The van der Waals surface area contributed by atoms with E-state index < -0.39 is 0 Å². The van der Waals surface area contributed by atoms with Gasteiger partial charge in [0.05, 0.1) is 0 Å². The fourth-order valence-corrected chi connectivity index (χ4v) is 2.68. The summed E-state index contributed by atoms with van der Waals surface area (Å²) in [6.45, 7) is 5.08. The van der Waals surface area contributed by atoms with E-state index in [2.05, 4.69) is 12.2 Å². The SMILES string of the molecule is COCCCNC(=O)c1ccc(C(=O)N2CCC(C)CC2)cc1. The van der Waals surface area contributed by atoms with Crippen molar-refractivity contribution in [1.82, 2.24) is 10.2 Å². The molecule has 0 atom stereocenters. The number of piperidine rings is 1. The highest BCUT2D eigenvalue weighted by atomic mass is 16.5. The molecule has 0 unspecified atom stereocenters. The smallest absolute Gasteiger partial charge is 0.253 e. The number of ether oxygens (including phenoxy) is 1. The maximum absolute atomic E-state index is 12.4. The minimum Gasteiger partial charge on any atom is -0.385 e. The van der Waals surface area contributed by atoms with Crippen LogP contribution in [-0.2, 0) is 4.74 Å². The lowest BCUT2D eigenvalue weighted by atomic mass is 9.98. The Hall–Kier alpha value is -1.88. The molecule has 126 valence electrons. The Morgan fingerprint density at radius 1 is 1.17 bits per heavy atom. The summed E-state index contributed by atoms with van der Waals surface area (Å²) in [5, 5.41) is 2.84. The maximum atomic E-state index is 12.4. The third-order valence-electron chi connectivity index (χ3n) is 4.28. The zero-order chi connectivity index (χ0) is 16.7. The highest BCUT2D eigenvalue weighted by molar-refractivity contribution is 5.97. The Bertz CT molecular complexity index is 520. The van der Waals surface area contributed by atoms with Gasteiger partial charge in [-0.1, -0.05) is 6.92 Å². The van der Waals surface area contributed by atoms with E-state index in [0.717, 1.165) is 32.4 Å². The number of amides is 2. The van der Waals surface area contributed by atoms with Crippen LogP contribution < -0.4 is 5.32 Å². The van der Waals surface area contributed by atoms with Gasteiger partial charge in [-0.15, -0.1) is 0 Å². The Morgan fingerprint density at radius 3 is 2.39 bits per heavy atom. The molecule has 0 spiro atoms. The van der Waals surface area contributed by atoms with E-state index in [0.29, 0.717) is 30.2 Å². The van der Waals surface area contributed by atoms with Crippen molar-refractivity contribution in [2.45, 2.75) is 26.2 Å². The van der Waals surface area contributed by atoms with Crippen LogP contribution in [0.2, 0.25) is 0 Å². The monoisotopic (exact) mass is 318 g/mol. The normalized spacial score (nSPS) is 15.5. The van der Waals surface area contributed by atoms with E-state index in [-0.39, 0.29) is 11.8 Å². The zero-order valence-corrected chi connectivity index (χ0v) is 14.0. The molecule has 2 amide bonds. The number of carbonyl (C=O) groups excluding carboxylic acids is 2. The lowest BCUT2D eigenvalue weighted by Gasteiger charge is -2.30. The molecule has 5 heteroatoms. The molecule has 1 aromatic carbocycles. The van der Waals surface area contributed by atoms with Gasteiger partial charge in [-0.25, -0.2) is 0 Å². The molecule has 23 heavy (non-hydrogen) atoms. The van der Waals surface area contributed by atoms with Crippen molar-refractivity contribution in [2.24, 2.45) is 5.92 Å². The van der Waals surface area contributed by atoms with E-state index in [1.807, 2.05) is 4.90 Å².